The van der Waals surface area contributed by atoms with Crippen molar-refractivity contribution in [2.45, 2.75) is 19.9 Å². The van der Waals surface area contributed by atoms with Crippen molar-refractivity contribution in [3.8, 4) is 0 Å². The molecule has 0 aromatic carbocycles. The average molecular weight is 301 g/mol. The first kappa shape index (κ1) is 15.8. The second kappa shape index (κ2) is 6.80. The summed E-state index contributed by atoms with van der Waals surface area (Å²) in [4.78, 5) is 36.6. The van der Waals surface area contributed by atoms with Gasteiger partial charge in [-0.15, -0.1) is 0 Å². The van der Waals surface area contributed by atoms with Crippen LogP contribution in [-0.4, -0.2) is 34.3 Å². The van der Waals surface area contributed by atoms with E-state index in [9.17, 15) is 19.7 Å². The van der Waals surface area contributed by atoms with Gasteiger partial charge in [0.25, 0.3) is 11.6 Å². The van der Waals surface area contributed by atoms with Gasteiger partial charge in [-0.1, -0.05) is 11.6 Å². The van der Waals surface area contributed by atoms with Gasteiger partial charge in [-0.2, -0.15) is 0 Å². The molecule has 8 nitrogen and oxygen atoms in total. The molecule has 9 heteroatoms. The first-order valence-electron chi connectivity index (χ1n) is 5.68. The maximum Gasteiger partial charge on any atom is 0.288 e. The van der Waals surface area contributed by atoms with Crippen LogP contribution >= 0.6 is 11.6 Å². The van der Waals surface area contributed by atoms with Crippen molar-refractivity contribution in [2.75, 3.05) is 6.54 Å². The largest absolute Gasteiger partial charge is 0.352 e. The van der Waals surface area contributed by atoms with Crippen molar-refractivity contribution >= 4 is 29.1 Å². The first-order valence-corrected chi connectivity index (χ1v) is 6.06. The Hall–Kier alpha value is -2.22. The van der Waals surface area contributed by atoms with Crippen LogP contribution < -0.4 is 10.6 Å². The molecule has 0 spiro atoms. The molecule has 20 heavy (non-hydrogen) atoms. The number of pyridine rings is 1. The highest BCUT2D eigenvalue weighted by Crippen LogP contribution is 2.18. The van der Waals surface area contributed by atoms with Gasteiger partial charge in [0, 0.05) is 12.1 Å². The van der Waals surface area contributed by atoms with Gasteiger partial charge in [-0.05, 0) is 13.8 Å². The van der Waals surface area contributed by atoms with E-state index >= 15 is 0 Å². The lowest BCUT2D eigenvalue weighted by atomic mass is 10.2. The number of hydrogen-bond acceptors (Lipinski definition) is 5. The fraction of sp³-hybridized carbons (Fsp3) is 0.364. The van der Waals surface area contributed by atoms with E-state index in [0.717, 1.165) is 12.3 Å². The van der Waals surface area contributed by atoms with E-state index in [4.69, 9.17) is 11.6 Å². The summed E-state index contributed by atoms with van der Waals surface area (Å²) in [5.41, 5.74) is -0.510. The van der Waals surface area contributed by atoms with Crippen molar-refractivity contribution < 1.29 is 14.5 Å². The van der Waals surface area contributed by atoms with Crippen LogP contribution in [0.1, 0.15) is 24.2 Å². The van der Waals surface area contributed by atoms with Gasteiger partial charge in [-0.25, -0.2) is 4.98 Å². The molecule has 0 bridgehead atoms. The molecule has 2 amide bonds. The van der Waals surface area contributed by atoms with Gasteiger partial charge in [-0.3, -0.25) is 19.7 Å². The van der Waals surface area contributed by atoms with E-state index in [0.29, 0.717) is 0 Å². The highest BCUT2D eigenvalue weighted by atomic mass is 35.5. The topological polar surface area (TPSA) is 114 Å². The van der Waals surface area contributed by atoms with Crippen LogP contribution in [0.5, 0.6) is 0 Å². The molecule has 0 unspecified atom stereocenters. The molecule has 1 aromatic heterocycles. The number of aromatic nitrogens is 1. The number of nitrogens with zero attached hydrogens (tertiary/aromatic N) is 2. The SMILES string of the molecule is CC(C)NC(=O)CNC(=O)c1cc([N+](=O)[O-])cnc1Cl. The Morgan fingerprint density at radius 3 is 2.70 bits per heavy atom. The summed E-state index contributed by atoms with van der Waals surface area (Å²) in [6, 6.07) is 0.952. The van der Waals surface area contributed by atoms with Crippen LogP contribution in [0.4, 0.5) is 5.69 Å². The number of nitrogens with one attached hydrogen (secondary N) is 2. The number of nitro groups is 1. The molecule has 0 aliphatic rings. The van der Waals surface area contributed by atoms with Crippen LogP contribution in [0.15, 0.2) is 12.3 Å². The van der Waals surface area contributed by atoms with Crippen molar-refractivity contribution in [1.82, 2.24) is 15.6 Å². The number of amides is 2. The molecule has 108 valence electrons. The zero-order valence-corrected chi connectivity index (χ0v) is 11.6. The molecule has 0 saturated heterocycles. The van der Waals surface area contributed by atoms with Crippen LogP contribution in [0, 0.1) is 10.1 Å². The van der Waals surface area contributed by atoms with E-state index in [1.165, 1.54) is 0 Å². The second-order valence-corrected chi connectivity index (χ2v) is 4.55. The summed E-state index contributed by atoms with van der Waals surface area (Å²) in [6.07, 6.45) is 0.949. The summed E-state index contributed by atoms with van der Waals surface area (Å²) in [5, 5.41) is 15.3. The fourth-order valence-corrected chi connectivity index (χ4v) is 1.51. The number of halogens is 1. The van der Waals surface area contributed by atoms with Crippen molar-refractivity contribution in [2.24, 2.45) is 0 Å². The minimum atomic E-state index is -0.704. The summed E-state index contributed by atoms with van der Waals surface area (Å²) < 4.78 is 0. The maximum absolute atomic E-state index is 11.8. The molecule has 0 atom stereocenters. The molecular formula is C11H13ClN4O4. The Morgan fingerprint density at radius 2 is 2.15 bits per heavy atom. The Kier molecular flexibility index (Phi) is 5.39. The Bertz CT molecular complexity index is 547. The molecule has 0 saturated carbocycles. The number of carbonyl (C=O) groups is 2. The standard InChI is InChI=1S/C11H13ClN4O4/c1-6(2)15-9(17)5-14-11(18)8-3-7(16(19)20)4-13-10(8)12/h3-4,6H,5H2,1-2H3,(H,14,18)(H,15,17). The Labute approximate surface area is 119 Å². The van der Waals surface area contributed by atoms with Crippen LogP contribution in [0.2, 0.25) is 5.15 Å². The molecule has 1 heterocycles. The summed E-state index contributed by atoms with van der Waals surface area (Å²) in [5.74, 6) is -1.08. The van der Waals surface area contributed by atoms with Crippen molar-refractivity contribution in [1.29, 1.82) is 0 Å². The van der Waals surface area contributed by atoms with Crippen LogP contribution in [-0.2, 0) is 4.79 Å². The lowest BCUT2D eigenvalue weighted by Gasteiger charge is -2.09. The third-order valence-corrected chi connectivity index (χ3v) is 2.44. The zero-order valence-electron chi connectivity index (χ0n) is 10.8. The normalized spacial score (nSPS) is 10.2. The number of rotatable bonds is 5. The van der Waals surface area contributed by atoms with Gasteiger partial charge in [0.05, 0.1) is 17.0 Å². The van der Waals surface area contributed by atoms with E-state index in [1.807, 2.05) is 0 Å². The minimum absolute atomic E-state index is 0.0533. The summed E-state index contributed by atoms with van der Waals surface area (Å²) in [6.45, 7) is 3.30. The van der Waals surface area contributed by atoms with E-state index in [2.05, 4.69) is 15.6 Å². The van der Waals surface area contributed by atoms with Crippen molar-refractivity contribution in [3.63, 3.8) is 0 Å². The van der Waals surface area contributed by atoms with Gasteiger partial charge < -0.3 is 10.6 Å². The van der Waals surface area contributed by atoms with Gasteiger partial charge in [0.15, 0.2) is 0 Å². The predicted octanol–water partition coefficient (Wildman–Crippen LogP) is 0.898. The summed E-state index contributed by atoms with van der Waals surface area (Å²) in [7, 11) is 0. The lowest BCUT2D eigenvalue weighted by Crippen LogP contribution is -2.39. The Balaban J connectivity index is 2.75. The molecule has 2 N–H and O–H groups in total. The zero-order chi connectivity index (χ0) is 15.3. The number of hydrogen-bond donors (Lipinski definition) is 2. The highest BCUT2D eigenvalue weighted by molar-refractivity contribution is 6.32. The predicted molar refractivity (Wildman–Crippen MR) is 71.5 cm³/mol. The lowest BCUT2D eigenvalue weighted by molar-refractivity contribution is -0.385. The monoisotopic (exact) mass is 300 g/mol. The molecular weight excluding hydrogens is 288 g/mol. The fourth-order valence-electron chi connectivity index (χ4n) is 1.32. The van der Waals surface area contributed by atoms with Gasteiger partial charge in [0.2, 0.25) is 5.91 Å². The third-order valence-electron chi connectivity index (χ3n) is 2.14. The van der Waals surface area contributed by atoms with Crippen LogP contribution in [0.3, 0.4) is 0 Å². The van der Waals surface area contributed by atoms with E-state index in [-0.39, 0.29) is 34.9 Å². The Morgan fingerprint density at radius 1 is 1.50 bits per heavy atom. The summed E-state index contributed by atoms with van der Waals surface area (Å²) >= 11 is 5.70. The van der Waals surface area contributed by atoms with Crippen molar-refractivity contribution in [3.05, 3.63) is 33.1 Å². The molecule has 0 aliphatic heterocycles. The van der Waals surface area contributed by atoms with E-state index in [1.54, 1.807) is 13.8 Å². The minimum Gasteiger partial charge on any atom is -0.352 e. The number of carbonyl (C=O) groups excluding carboxylic acids is 2. The molecule has 0 radical (unpaired) electrons. The molecule has 1 rings (SSSR count). The quantitative estimate of drug-likeness (QED) is 0.476. The molecule has 1 aromatic rings. The maximum atomic E-state index is 11.8. The van der Waals surface area contributed by atoms with Gasteiger partial charge >= 0.3 is 0 Å². The molecule has 0 aliphatic carbocycles. The second-order valence-electron chi connectivity index (χ2n) is 4.19. The smallest absolute Gasteiger partial charge is 0.288 e. The molecule has 0 fully saturated rings. The van der Waals surface area contributed by atoms with E-state index < -0.39 is 10.8 Å². The van der Waals surface area contributed by atoms with Gasteiger partial charge in [0.1, 0.15) is 11.3 Å². The first-order chi connectivity index (χ1) is 9.31. The van der Waals surface area contributed by atoms with Crippen LogP contribution in [0.25, 0.3) is 0 Å². The average Bonchev–Trinajstić information content (AvgIpc) is 2.35. The highest BCUT2D eigenvalue weighted by Gasteiger charge is 2.17. The third kappa shape index (κ3) is 4.47.